The summed E-state index contributed by atoms with van der Waals surface area (Å²) < 4.78 is 11.2. The van der Waals surface area contributed by atoms with Crippen LogP contribution in [0.4, 0.5) is 5.69 Å². The van der Waals surface area contributed by atoms with E-state index in [0.29, 0.717) is 5.75 Å². The van der Waals surface area contributed by atoms with E-state index in [1.807, 2.05) is 55.5 Å². The molecule has 0 aliphatic carbocycles. The minimum Gasteiger partial charge on any atom is -0.494 e. The molecule has 0 saturated carbocycles. The van der Waals surface area contributed by atoms with Gasteiger partial charge in [-0.25, -0.2) is 0 Å². The maximum absolute atomic E-state index is 12.0. The van der Waals surface area contributed by atoms with Crippen LogP contribution in [0, 0.1) is 6.92 Å². The molecule has 0 saturated heterocycles. The maximum atomic E-state index is 12.0. The highest BCUT2D eigenvalue weighted by molar-refractivity contribution is 5.91. The number of carbonyl (C=O) groups is 1. The first-order valence-electron chi connectivity index (χ1n) is 8.89. The minimum atomic E-state index is -0.185. The highest BCUT2D eigenvalue weighted by Crippen LogP contribution is 2.17. The molecule has 0 bridgehead atoms. The molecule has 2 aromatic carbocycles. The molecular weight excluding hydrogens is 314 g/mol. The fraction of sp³-hybridized carbons (Fsp3) is 0.381. The predicted molar refractivity (Wildman–Crippen MR) is 101 cm³/mol. The summed E-state index contributed by atoms with van der Waals surface area (Å²) in [6.07, 6.45) is 4.75. The molecule has 4 heteroatoms. The summed E-state index contributed by atoms with van der Waals surface area (Å²) in [4.78, 5) is 12.0. The quantitative estimate of drug-likeness (QED) is 0.621. The van der Waals surface area contributed by atoms with Crippen LogP contribution in [0.2, 0.25) is 0 Å². The van der Waals surface area contributed by atoms with Crippen LogP contribution in [0.1, 0.15) is 38.2 Å². The predicted octanol–water partition coefficient (Wildman–Crippen LogP) is 4.97. The number of carbonyl (C=O) groups excluding carboxylic acids is 1. The Balaban J connectivity index is 1.71. The van der Waals surface area contributed by atoms with Crippen molar-refractivity contribution in [3.05, 3.63) is 54.1 Å². The molecule has 0 fully saturated rings. The highest BCUT2D eigenvalue weighted by atomic mass is 16.5. The first kappa shape index (κ1) is 18.8. The number of nitrogens with one attached hydrogen (secondary N) is 1. The van der Waals surface area contributed by atoms with E-state index in [-0.39, 0.29) is 12.5 Å². The van der Waals surface area contributed by atoms with Gasteiger partial charge in [-0.15, -0.1) is 0 Å². The van der Waals surface area contributed by atoms with Gasteiger partial charge in [0.15, 0.2) is 6.61 Å². The number of ether oxygens (including phenoxy) is 2. The molecule has 0 spiro atoms. The average Bonchev–Trinajstić information content (AvgIpc) is 2.61. The van der Waals surface area contributed by atoms with Gasteiger partial charge < -0.3 is 14.8 Å². The zero-order valence-corrected chi connectivity index (χ0v) is 15.1. The Kier molecular flexibility index (Phi) is 7.83. The van der Waals surface area contributed by atoms with Crippen molar-refractivity contribution >= 4 is 11.6 Å². The molecule has 134 valence electrons. The topological polar surface area (TPSA) is 47.6 Å². The lowest BCUT2D eigenvalue weighted by Crippen LogP contribution is -2.20. The molecule has 1 amide bonds. The second-order valence-electron chi connectivity index (χ2n) is 6.09. The fourth-order valence-corrected chi connectivity index (χ4v) is 2.40. The number of hydrogen-bond donors (Lipinski definition) is 1. The molecule has 0 radical (unpaired) electrons. The van der Waals surface area contributed by atoms with E-state index >= 15 is 0 Å². The number of amides is 1. The van der Waals surface area contributed by atoms with E-state index in [0.717, 1.165) is 30.0 Å². The lowest BCUT2D eigenvalue weighted by Gasteiger charge is -2.09. The van der Waals surface area contributed by atoms with Gasteiger partial charge in [-0.05, 0) is 55.3 Å². The summed E-state index contributed by atoms with van der Waals surface area (Å²) in [7, 11) is 0. The van der Waals surface area contributed by atoms with Crippen LogP contribution in [0.15, 0.2) is 48.5 Å². The summed E-state index contributed by atoms with van der Waals surface area (Å²) in [6, 6.07) is 15.1. The van der Waals surface area contributed by atoms with Crippen molar-refractivity contribution in [2.75, 3.05) is 18.5 Å². The number of aryl methyl sites for hydroxylation is 1. The van der Waals surface area contributed by atoms with E-state index in [1.54, 1.807) is 0 Å². The number of rotatable bonds is 10. The third-order valence-corrected chi connectivity index (χ3v) is 3.76. The molecule has 0 unspecified atom stereocenters. The third kappa shape index (κ3) is 7.29. The average molecular weight is 341 g/mol. The Morgan fingerprint density at radius 3 is 2.48 bits per heavy atom. The first-order valence-corrected chi connectivity index (χ1v) is 8.89. The van der Waals surface area contributed by atoms with Gasteiger partial charge >= 0.3 is 0 Å². The van der Waals surface area contributed by atoms with Gasteiger partial charge in [0, 0.05) is 5.69 Å². The van der Waals surface area contributed by atoms with Crippen molar-refractivity contribution in [3.8, 4) is 11.5 Å². The van der Waals surface area contributed by atoms with Crippen LogP contribution < -0.4 is 14.8 Å². The molecule has 2 aromatic rings. The van der Waals surface area contributed by atoms with Crippen LogP contribution in [0.3, 0.4) is 0 Å². The Labute approximate surface area is 150 Å². The van der Waals surface area contributed by atoms with Crippen LogP contribution in [0.5, 0.6) is 11.5 Å². The Bertz CT molecular complexity index is 652. The van der Waals surface area contributed by atoms with Gasteiger partial charge in [-0.2, -0.15) is 0 Å². The van der Waals surface area contributed by atoms with Crippen LogP contribution in [0.25, 0.3) is 0 Å². The highest BCUT2D eigenvalue weighted by Gasteiger charge is 2.04. The largest absolute Gasteiger partial charge is 0.494 e. The number of benzene rings is 2. The normalized spacial score (nSPS) is 10.3. The van der Waals surface area contributed by atoms with Crippen molar-refractivity contribution in [1.29, 1.82) is 0 Å². The number of anilines is 1. The van der Waals surface area contributed by atoms with E-state index in [4.69, 9.17) is 9.47 Å². The molecule has 0 aliphatic rings. The van der Waals surface area contributed by atoms with Gasteiger partial charge in [0.25, 0.3) is 5.91 Å². The molecule has 4 nitrogen and oxygen atoms in total. The van der Waals surface area contributed by atoms with Crippen molar-refractivity contribution < 1.29 is 14.3 Å². The van der Waals surface area contributed by atoms with Crippen molar-refractivity contribution in [2.24, 2.45) is 0 Å². The Hall–Kier alpha value is -2.49. The van der Waals surface area contributed by atoms with Gasteiger partial charge in [0.05, 0.1) is 6.61 Å². The second kappa shape index (κ2) is 10.4. The molecule has 0 atom stereocenters. The molecule has 0 aromatic heterocycles. The molecule has 25 heavy (non-hydrogen) atoms. The van der Waals surface area contributed by atoms with Gasteiger partial charge in [-0.1, -0.05) is 38.3 Å². The van der Waals surface area contributed by atoms with E-state index in [9.17, 15) is 4.79 Å². The van der Waals surface area contributed by atoms with Crippen LogP contribution >= 0.6 is 0 Å². The van der Waals surface area contributed by atoms with E-state index in [2.05, 4.69) is 12.2 Å². The molecule has 1 N–H and O–H groups in total. The SMILES string of the molecule is CCCCCCOc1ccc(NC(=O)COc2cccc(C)c2)cc1. The Morgan fingerprint density at radius 2 is 1.76 bits per heavy atom. The first-order chi connectivity index (χ1) is 12.2. The van der Waals surface area contributed by atoms with E-state index in [1.165, 1.54) is 19.3 Å². The fourth-order valence-electron chi connectivity index (χ4n) is 2.40. The molecule has 2 rings (SSSR count). The summed E-state index contributed by atoms with van der Waals surface area (Å²) in [5.74, 6) is 1.34. The number of unbranched alkanes of at least 4 members (excludes halogenated alkanes) is 3. The molecule has 0 aliphatic heterocycles. The number of hydrogen-bond acceptors (Lipinski definition) is 3. The summed E-state index contributed by atoms with van der Waals surface area (Å²) in [5.41, 5.74) is 1.83. The van der Waals surface area contributed by atoms with Crippen molar-refractivity contribution in [3.63, 3.8) is 0 Å². The standard InChI is InChI=1S/C21H27NO3/c1-3-4-5-6-14-24-19-12-10-18(11-13-19)22-21(23)16-25-20-9-7-8-17(2)15-20/h7-13,15H,3-6,14,16H2,1-2H3,(H,22,23). The maximum Gasteiger partial charge on any atom is 0.262 e. The zero-order chi connectivity index (χ0) is 17.9. The van der Waals surface area contributed by atoms with Gasteiger partial charge in [0.1, 0.15) is 11.5 Å². The molecule has 0 heterocycles. The summed E-state index contributed by atoms with van der Waals surface area (Å²) in [5, 5.41) is 2.82. The van der Waals surface area contributed by atoms with Gasteiger partial charge in [0.2, 0.25) is 0 Å². The minimum absolute atomic E-state index is 0.0147. The van der Waals surface area contributed by atoms with Crippen molar-refractivity contribution in [1.82, 2.24) is 0 Å². The Morgan fingerprint density at radius 1 is 0.960 bits per heavy atom. The third-order valence-electron chi connectivity index (χ3n) is 3.76. The lowest BCUT2D eigenvalue weighted by atomic mass is 10.2. The smallest absolute Gasteiger partial charge is 0.262 e. The van der Waals surface area contributed by atoms with Crippen molar-refractivity contribution in [2.45, 2.75) is 39.5 Å². The van der Waals surface area contributed by atoms with E-state index < -0.39 is 0 Å². The zero-order valence-electron chi connectivity index (χ0n) is 15.1. The summed E-state index contributed by atoms with van der Waals surface area (Å²) in [6.45, 7) is 4.90. The summed E-state index contributed by atoms with van der Waals surface area (Å²) >= 11 is 0. The molecular formula is C21H27NO3. The van der Waals surface area contributed by atoms with Gasteiger partial charge in [-0.3, -0.25) is 4.79 Å². The second-order valence-corrected chi connectivity index (χ2v) is 6.09. The lowest BCUT2D eigenvalue weighted by molar-refractivity contribution is -0.118. The van der Waals surface area contributed by atoms with Crippen LogP contribution in [-0.4, -0.2) is 19.1 Å². The van der Waals surface area contributed by atoms with Crippen LogP contribution in [-0.2, 0) is 4.79 Å². The monoisotopic (exact) mass is 341 g/mol.